The summed E-state index contributed by atoms with van der Waals surface area (Å²) in [6.45, 7) is 15.3. The van der Waals surface area contributed by atoms with E-state index >= 15 is 0 Å². The number of hydrogen-bond acceptors (Lipinski definition) is 2. The number of nitrogens with zero attached hydrogens (tertiary/aromatic N) is 1. The van der Waals surface area contributed by atoms with E-state index in [1.165, 1.54) is 24.8 Å². The molecule has 150 valence electrons. The van der Waals surface area contributed by atoms with E-state index in [1.54, 1.807) is 0 Å². The molecule has 0 amide bonds. The van der Waals surface area contributed by atoms with Gasteiger partial charge in [-0.05, 0) is 43.4 Å². The fraction of sp³-hybridized carbons (Fsp3) is 0.750. The zero-order valence-electron chi connectivity index (χ0n) is 17.7. The van der Waals surface area contributed by atoms with Crippen LogP contribution in [-0.4, -0.2) is 43.1 Å². The van der Waals surface area contributed by atoms with Crippen molar-refractivity contribution in [2.45, 2.75) is 59.2 Å². The van der Waals surface area contributed by atoms with Gasteiger partial charge >= 0.3 is 0 Å². The van der Waals surface area contributed by atoms with Crippen molar-refractivity contribution in [3.05, 3.63) is 35.9 Å². The number of ether oxygens (including phenoxy) is 2. The van der Waals surface area contributed by atoms with Crippen LogP contribution in [0.1, 0.15) is 52.5 Å². The predicted molar refractivity (Wildman–Crippen MR) is 109 cm³/mol. The average Bonchev–Trinajstić information content (AvgIpc) is 2.69. The Bertz CT molecular complexity index is 635. The second kappa shape index (κ2) is 7.17. The van der Waals surface area contributed by atoms with Crippen LogP contribution < -0.4 is 0 Å². The highest BCUT2D eigenvalue weighted by Gasteiger charge is 2.64. The van der Waals surface area contributed by atoms with Crippen LogP contribution in [0, 0.1) is 23.2 Å². The highest BCUT2D eigenvalue weighted by Crippen LogP contribution is 2.64. The number of fused-ring (bicyclic) bond motifs is 2. The third kappa shape index (κ3) is 3.07. The van der Waals surface area contributed by atoms with Gasteiger partial charge in [-0.1, -0.05) is 44.2 Å². The molecule has 1 saturated heterocycles. The lowest BCUT2D eigenvalue weighted by Crippen LogP contribution is -2.73. The van der Waals surface area contributed by atoms with Crippen molar-refractivity contribution < 1.29 is 14.0 Å². The standard InChI is InChI=1S/C24H38NO2/c1-5-27-24(4,21-12-11-20-17-22(21)23(20,2)3)25(13-15-26-16-14-25)18-19-9-7-6-8-10-19/h6-10,20-22H,5,11-18H2,1-4H3/q+1/t20-,21?,22-,24?/m0/s1. The third-order valence-electron chi connectivity index (χ3n) is 8.58. The van der Waals surface area contributed by atoms with Gasteiger partial charge in [-0.15, -0.1) is 0 Å². The Labute approximate surface area is 165 Å². The summed E-state index contributed by atoms with van der Waals surface area (Å²) >= 11 is 0. The first-order chi connectivity index (χ1) is 12.9. The molecule has 5 rings (SSSR count). The zero-order chi connectivity index (χ0) is 19.1. The van der Waals surface area contributed by atoms with Crippen molar-refractivity contribution in [1.82, 2.24) is 0 Å². The van der Waals surface area contributed by atoms with Gasteiger partial charge in [-0.2, -0.15) is 0 Å². The van der Waals surface area contributed by atoms with Gasteiger partial charge in [0.25, 0.3) is 0 Å². The van der Waals surface area contributed by atoms with Gasteiger partial charge in [0.05, 0.1) is 19.8 Å². The summed E-state index contributed by atoms with van der Waals surface area (Å²) in [4.78, 5) is 0. The molecule has 0 N–H and O–H groups in total. The minimum atomic E-state index is -0.137. The van der Waals surface area contributed by atoms with Gasteiger partial charge in [-0.3, -0.25) is 4.48 Å². The smallest absolute Gasteiger partial charge is 0.203 e. The van der Waals surface area contributed by atoms with E-state index in [9.17, 15) is 0 Å². The topological polar surface area (TPSA) is 18.5 Å². The fourth-order valence-electron chi connectivity index (χ4n) is 6.72. The Balaban J connectivity index is 1.72. The largest absolute Gasteiger partial charge is 0.370 e. The van der Waals surface area contributed by atoms with E-state index in [1.807, 2.05) is 0 Å². The maximum atomic E-state index is 6.79. The van der Waals surface area contributed by atoms with E-state index in [0.717, 1.165) is 55.8 Å². The molecule has 4 fully saturated rings. The van der Waals surface area contributed by atoms with Crippen LogP contribution in [-0.2, 0) is 16.0 Å². The van der Waals surface area contributed by atoms with Crippen LogP contribution in [0.5, 0.6) is 0 Å². The first kappa shape index (κ1) is 19.4. The molecule has 0 spiro atoms. The van der Waals surface area contributed by atoms with Crippen molar-refractivity contribution in [3.8, 4) is 0 Å². The quantitative estimate of drug-likeness (QED) is 0.664. The highest BCUT2D eigenvalue weighted by atomic mass is 16.5. The second-order valence-electron chi connectivity index (χ2n) is 9.88. The summed E-state index contributed by atoms with van der Waals surface area (Å²) in [5.74, 6) is 2.36. The summed E-state index contributed by atoms with van der Waals surface area (Å²) in [5.41, 5.74) is 1.76. The first-order valence-corrected chi connectivity index (χ1v) is 11.0. The van der Waals surface area contributed by atoms with Crippen LogP contribution in [0.2, 0.25) is 0 Å². The number of rotatable bonds is 6. The van der Waals surface area contributed by atoms with E-state index in [-0.39, 0.29) is 5.72 Å². The Kier molecular flexibility index (Phi) is 5.15. The van der Waals surface area contributed by atoms with Gasteiger partial charge < -0.3 is 9.47 Å². The number of hydrogen-bond donors (Lipinski definition) is 0. The Morgan fingerprint density at radius 3 is 2.44 bits per heavy atom. The predicted octanol–water partition coefficient (Wildman–Crippen LogP) is 4.86. The minimum Gasteiger partial charge on any atom is -0.370 e. The molecule has 3 aliphatic carbocycles. The molecule has 0 aromatic heterocycles. The summed E-state index contributed by atoms with van der Waals surface area (Å²) in [6.07, 6.45) is 4.10. The first-order valence-electron chi connectivity index (χ1n) is 11.0. The SMILES string of the molecule is CCOC(C)(C1CC[C@H]2C[C@@H]1C2(C)C)[N+]1(Cc2ccccc2)CCOCC1. The highest BCUT2D eigenvalue weighted by molar-refractivity contribution is 5.14. The molecule has 1 aromatic carbocycles. The van der Waals surface area contributed by atoms with Crippen LogP contribution in [0.15, 0.2) is 30.3 Å². The lowest BCUT2D eigenvalue weighted by atomic mass is 9.44. The fourth-order valence-corrected chi connectivity index (χ4v) is 6.72. The molecule has 1 heterocycles. The summed E-state index contributed by atoms with van der Waals surface area (Å²) < 4.78 is 13.6. The maximum Gasteiger partial charge on any atom is 0.203 e. The molecular formula is C24H38NO2+. The maximum absolute atomic E-state index is 6.79. The molecule has 3 heteroatoms. The lowest BCUT2D eigenvalue weighted by Gasteiger charge is -2.66. The molecule has 4 aliphatic rings. The van der Waals surface area contributed by atoms with Crippen molar-refractivity contribution in [2.24, 2.45) is 23.2 Å². The molecule has 2 bridgehead atoms. The third-order valence-corrected chi connectivity index (χ3v) is 8.58. The second-order valence-corrected chi connectivity index (χ2v) is 9.88. The van der Waals surface area contributed by atoms with Crippen molar-refractivity contribution in [1.29, 1.82) is 0 Å². The normalized spacial score (nSPS) is 33.7. The molecule has 0 radical (unpaired) electrons. The lowest BCUT2D eigenvalue weighted by molar-refractivity contribution is -1.02. The Morgan fingerprint density at radius 2 is 1.85 bits per heavy atom. The van der Waals surface area contributed by atoms with Gasteiger partial charge in [-0.25, -0.2) is 0 Å². The van der Waals surface area contributed by atoms with Gasteiger partial charge in [0.15, 0.2) is 0 Å². The molecule has 1 aliphatic heterocycles. The Hall–Kier alpha value is -0.900. The Morgan fingerprint density at radius 1 is 1.15 bits per heavy atom. The van der Waals surface area contributed by atoms with E-state index in [4.69, 9.17) is 9.47 Å². The van der Waals surface area contributed by atoms with Crippen LogP contribution in [0.25, 0.3) is 0 Å². The zero-order valence-corrected chi connectivity index (χ0v) is 17.7. The van der Waals surface area contributed by atoms with Gasteiger partial charge in [0.1, 0.15) is 19.6 Å². The van der Waals surface area contributed by atoms with Gasteiger partial charge in [0, 0.05) is 18.4 Å². The minimum absolute atomic E-state index is 0.137. The summed E-state index contributed by atoms with van der Waals surface area (Å²) in [6, 6.07) is 11.0. The molecule has 3 saturated carbocycles. The molecule has 1 aromatic rings. The van der Waals surface area contributed by atoms with Gasteiger partial charge in [0.2, 0.25) is 5.72 Å². The van der Waals surface area contributed by atoms with Crippen molar-refractivity contribution in [2.75, 3.05) is 32.9 Å². The van der Waals surface area contributed by atoms with Crippen LogP contribution >= 0.6 is 0 Å². The van der Waals surface area contributed by atoms with E-state index < -0.39 is 0 Å². The number of benzene rings is 1. The van der Waals surface area contributed by atoms with E-state index in [2.05, 4.69) is 58.0 Å². The van der Waals surface area contributed by atoms with Crippen LogP contribution in [0.4, 0.5) is 0 Å². The van der Waals surface area contributed by atoms with Crippen LogP contribution in [0.3, 0.4) is 0 Å². The number of morpholine rings is 1. The summed E-state index contributed by atoms with van der Waals surface area (Å²) in [7, 11) is 0. The van der Waals surface area contributed by atoms with Crippen molar-refractivity contribution in [3.63, 3.8) is 0 Å². The molecule has 4 atom stereocenters. The molecule has 2 unspecified atom stereocenters. The average molecular weight is 373 g/mol. The monoisotopic (exact) mass is 372 g/mol. The summed E-state index contributed by atoms with van der Waals surface area (Å²) in [5, 5.41) is 0. The van der Waals surface area contributed by atoms with E-state index in [0.29, 0.717) is 11.3 Å². The van der Waals surface area contributed by atoms with Crippen molar-refractivity contribution >= 4 is 0 Å². The molecule has 3 nitrogen and oxygen atoms in total. The molecule has 27 heavy (non-hydrogen) atoms. The molecular weight excluding hydrogens is 334 g/mol. The number of quaternary nitrogens is 1.